The third-order valence-electron chi connectivity index (χ3n) is 3.62. The molecule has 1 amide bonds. The lowest BCUT2D eigenvalue weighted by molar-refractivity contribution is -0.139. The maximum absolute atomic E-state index is 13.0. The molecule has 5 nitrogen and oxygen atoms in total. The molecule has 1 unspecified atom stereocenters. The van der Waals surface area contributed by atoms with Crippen LogP contribution in [-0.2, 0) is 27.5 Å². The zero-order chi connectivity index (χ0) is 20.2. The van der Waals surface area contributed by atoms with E-state index >= 15 is 0 Å². The first kappa shape index (κ1) is 21.2. The number of carbonyl (C=O) groups is 1. The van der Waals surface area contributed by atoms with Crippen molar-refractivity contribution in [3.05, 3.63) is 64.7 Å². The van der Waals surface area contributed by atoms with E-state index in [9.17, 15) is 26.4 Å². The van der Waals surface area contributed by atoms with Gasteiger partial charge in [-0.15, -0.1) is 0 Å². The number of hydrogen-bond acceptors (Lipinski definition) is 3. The van der Waals surface area contributed by atoms with Gasteiger partial charge in [0.25, 0.3) is 0 Å². The number of rotatable bonds is 6. The smallest absolute Gasteiger partial charge is 0.351 e. The topological polar surface area (TPSA) is 75.3 Å². The predicted molar refractivity (Wildman–Crippen MR) is 94.5 cm³/mol. The average molecular weight is 421 g/mol. The Hall–Kier alpha value is -2.10. The van der Waals surface area contributed by atoms with Gasteiger partial charge in [0.1, 0.15) is 0 Å². The normalized spacial score (nSPS) is 13.2. The zero-order valence-corrected chi connectivity index (χ0v) is 15.6. The molecule has 0 aliphatic rings. The Labute approximate surface area is 159 Å². The van der Waals surface area contributed by atoms with Gasteiger partial charge < -0.3 is 5.32 Å². The van der Waals surface area contributed by atoms with Gasteiger partial charge in [-0.25, -0.2) is 8.42 Å². The van der Waals surface area contributed by atoms with Crippen LogP contribution in [0.2, 0.25) is 5.02 Å². The van der Waals surface area contributed by atoms with Crippen molar-refractivity contribution in [1.82, 2.24) is 10.0 Å². The van der Waals surface area contributed by atoms with Crippen molar-refractivity contribution >= 4 is 27.5 Å². The van der Waals surface area contributed by atoms with E-state index in [1.54, 1.807) is 24.3 Å². The quantitative estimate of drug-likeness (QED) is 0.752. The molecule has 2 aromatic carbocycles. The van der Waals surface area contributed by atoms with E-state index in [0.29, 0.717) is 16.7 Å². The van der Waals surface area contributed by atoms with E-state index in [1.807, 2.05) is 4.72 Å². The highest BCUT2D eigenvalue weighted by atomic mass is 35.5. The number of carbonyl (C=O) groups excluding carboxylic acids is 1. The minimum atomic E-state index is -4.85. The molecule has 27 heavy (non-hydrogen) atoms. The fraction of sp³-hybridized carbons (Fsp3) is 0.235. The Balaban J connectivity index is 2.11. The molecule has 2 rings (SSSR count). The molecular weight excluding hydrogens is 405 g/mol. The Morgan fingerprint density at radius 2 is 1.70 bits per heavy atom. The van der Waals surface area contributed by atoms with E-state index in [0.717, 1.165) is 12.1 Å². The SMILES string of the molecule is CC(NS(=O)(=O)c1ccccc1C(F)(F)F)C(=O)NCc1ccccc1Cl. The number of alkyl halides is 3. The summed E-state index contributed by atoms with van der Waals surface area (Å²) in [5.74, 6) is -0.706. The lowest BCUT2D eigenvalue weighted by Gasteiger charge is -2.17. The van der Waals surface area contributed by atoms with E-state index in [1.165, 1.54) is 13.0 Å². The lowest BCUT2D eigenvalue weighted by atomic mass is 10.2. The van der Waals surface area contributed by atoms with Crippen LogP contribution in [-0.4, -0.2) is 20.4 Å². The van der Waals surface area contributed by atoms with Gasteiger partial charge in [0, 0.05) is 11.6 Å². The number of hydrogen-bond donors (Lipinski definition) is 2. The summed E-state index contributed by atoms with van der Waals surface area (Å²) in [7, 11) is -4.57. The Kier molecular flexibility index (Phi) is 6.50. The second-order valence-corrected chi connectivity index (χ2v) is 7.74. The molecule has 146 valence electrons. The molecule has 1 atom stereocenters. The van der Waals surface area contributed by atoms with Crippen molar-refractivity contribution in [1.29, 1.82) is 0 Å². The van der Waals surface area contributed by atoms with Gasteiger partial charge in [-0.1, -0.05) is 41.9 Å². The number of halogens is 4. The maximum Gasteiger partial charge on any atom is 0.417 e. The molecule has 0 spiro atoms. The van der Waals surface area contributed by atoms with Gasteiger partial charge in [0.2, 0.25) is 15.9 Å². The van der Waals surface area contributed by atoms with Crippen molar-refractivity contribution in [2.75, 3.05) is 0 Å². The highest BCUT2D eigenvalue weighted by Crippen LogP contribution is 2.33. The number of amides is 1. The molecule has 0 heterocycles. The van der Waals surface area contributed by atoms with Crippen molar-refractivity contribution in [2.45, 2.75) is 30.6 Å². The number of benzene rings is 2. The van der Waals surface area contributed by atoms with Crippen LogP contribution in [0.25, 0.3) is 0 Å². The molecule has 2 aromatic rings. The molecule has 0 bridgehead atoms. The van der Waals surface area contributed by atoms with E-state index in [2.05, 4.69) is 5.32 Å². The lowest BCUT2D eigenvalue weighted by Crippen LogP contribution is -2.44. The van der Waals surface area contributed by atoms with Crippen LogP contribution < -0.4 is 10.0 Å². The van der Waals surface area contributed by atoms with Gasteiger partial charge in [-0.05, 0) is 30.7 Å². The third kappa shape index (κ3) is 5.44. The molecule has 0 saturated carbocycles. The average Bonchev–Trinajstić information content (AvgIpc) is 2.59. The summed E-state index contributed by atoms with van der Waals surface area (Å²) in [4.78, 5) is 11.2. The largest absolute Gasteiger partial charge is 0.417 e. The van der Waals surface area contributed by atoms with Crippen LogP contribution in [0.4, 0.5) is 13.2 Å². The first-order valence-electron chi connectivity index (χ1n) is 7.72. The molecule has 0 aromatic heterocycles. The van der Waals surface area contributed by atoms with Crippen LogP contribution in [0, 0.1) is 0 Å². The summed E-state index contributed by atoms with van der Waals surface area (Å²) in [6, 6.07) is 9.19. The molecule has 0 saturated heterocycles. The van der Waals surface area contributed by atoms with Gasteiger partial charge >= 0.3 is 6.18 Å². The first-order chi connectivity index (χ1) is 12.5. The Morgan fingerprint density at radius 1 is 1.11 bits per heavy atom. The van der Waals surface area contributed by atoms with Crippen molar-refractivity contribution < 1.29 is 26.4 Å². The van der Waals surface area contributed by atoms with Crippen LogP contribution in [0.15, 0.2) is 53.4 Å². The van der Waals surface area contributed by atoms with E-state index in [4.69, 9.17) is 11.6 Å². The monoisotopic (exact) mass is 420 g/mol. The van der Waals surface area contributed by atoms with Gasteiger partial charge in [-0.3, -0.25) is 4.79 Å². The van der Waals surface area contributed by atoms with Crippen molar-refractivity contribution in [3.63, 3.8) is 0 Å². The summed E-state index contributed by atoms with van der Waals surface area (Å²) in [6.45, 7) is 1.28. The highest BCUT2D eigenvalue weighted by Gasteiger charge is 2.37. The second kappa shape index (κ2) is 8.28. The highest BCUT2D eigenvalue weighted by molar-refractivity contribution is 7.89. The maximum atomic E-state index is 13.0. The van der Waals surface area contributed by atoms with Crippen molar-refractivity contribution in [3.8, 4) is 0 Å². The van der Waals surface area contributed by atoms with Crippen molar-refractivity contribution in [2.24, 2.45) is 0 Å². The number of sulfonamides is 1. The summed E-state index contributed by atoms with van der Waals surface area (Å²) < 4.78 is 65.7. The fourth-order valence-electron chi connectivity index (χ4n) is 2.26. The Bertz CT molecular complexity index is 933. The minimum absolute atomic E-state index is 0.0453. The van der Waals surface area contributed by atoms with Gasteiger partial charge in [0.05, 0.1) is 16.5 Å². The zero-order valence-electron chi connectivity index (χ0n) is 14.0. The standard InChI is InChI=1S/C17H16ClF3N2O3S/c1-11(16(24)22-10-12-6-2-4-8-14(12)18)23-27(25,26)15-9-5-3-7-13(15)17(19,20)21/h2-9,11,23H,10H2,1H3,(H,22,24). The summed E-state index contributed by atoms with van der Waals surface area (Å²) in [6.07, 6.45) is -4.85. The Morgan fingerprint density at radius 3 is 2.33 bits per heavy atom. The van der Waals surface area contributed by atoms with Crippen LogP contribution in [0.5, 0.6) is 0 Å². The van der Waals surface area contributed by atoms with E-state index in [-0.39, 0.29) is 6.54 Å². The summed E-state index contributed by atoms with van der Waals surface area (Å²) in [5, 5.41) is 2.91. The van der Waals surface area contributed by atoms with E-state index < -0.39 is 38.6 Å². The second-order valence-electron chi connectivity index (χ2n) is 5.65. The summed E-state index contributed by atoms with van der Waals surface area (Å²) in [5.41, 5.74) is -0.689. The van der Waals surface area contributed by atoms with Gasteiger partial charge in [0.15, 0.2) is 0 Å². The molecule has 0 radical (unpaired) electrons. The predicted octanol–water partition coefficient (Wildman–Crippen LogP) is 3.34. The minimum Gasteiger partial charge on any atom is -0.351 e. The van der Waals surface area contributed by atoms with Crippen LogP contribution in [0.3, 0.4) is 0 Å². The molecule has 0 aliphatic carbocycles. The molecule has 0 fully saturated rings. The van der Waals surface area contributed by atoms with Gasteiger partial charge in [-0.2, -0.15) is 17.9 Å². The van der Waals surface area contributed by atoms with Crippen LogP contribution >= 0.6 is 11.6 Å². The number of nitrogens with one attached hydrogen (secondary N) is 2. The summed E-state index contributed by atoms with van der Waals surface area (Å²) >= 11 is 5.96. The fourth-order valence-corrected chi connectivity index (χ4v) is 3.90. The third-order valence-corrected chi connectivity index (χ3v) is 5.59. The first-order valence-corrected chi connectivity index (χ1v) is 9.58. The molecule has 0 aliphatic heterocycles. The molecule has 10 heteroatoms. The molecule has 2 N–H and O–H groups in total. The molecular formula is C17H16ClF3N2O3S. The van der Waals surface area contributed by atoms with Crippen LogP contribution in [0.1, 0.15) is 18.1 Å².